The zero-order valence-electron chi connectivity index (χ0n) is 11.0. The van der Waals surface area contributed by atoms with Crippen LogP contribution in [0.2, 0.25) is 0 Å². The van der Waals surface area contributed by atoms with Gasteiger partial charge in [-0.3, -0.25) is 9.59 Å². The van der Waals surface area contributed by atoms with Crippen molar-refractivity contribution in [3.05, 3.63) is 30.1 Å². The fourth-order valence-corrected chi connectivity index (χ4v) is 2.00. The average molecular weight is 265 g/mol. The molecule has 0 aliphatic heterocycles. The molecule has 1 aliphatic rings. The van der Waals surface area contributed by atoms with Crippen LogP contribution in [0.15, 0.2) is 24.3 Å². The minimum Gasteiger partial charge on any atom is -0.465 e. The zero-order chi connectivity index (χ0) is 14.0. The van der Waals surface area contributed by atoms with Gasteiger partial charge in [-0.25, -0.2) is 4.39 Å². The van der Waals surface area contributed by atoms with Gasteiger partial charge >= 0.3 is 5.97 Å². The van der Waals surface area contributed by atoms with Crippen LogP contribution in [0.1, 0.15) is 19.8 Å². The maximum Gasteiger partial charge on any atom is 0.321 e. The van der Waals surface area contributed by atoms with Crippen molar-refractivity contribution < 1.29 is 18.7 Å². The molecule has 0 aromatic heterocycles. The van der Waals surface area contributed by atoms with Crippen LogP contribution in [0.3, 0.4) is 0 Å². The molecular formula is C14H16FNO3. The van der Waals surface area contributed by atoms with Gasteiger partial charge in [0.1, 0.15) is 11.2 Å². The average Bonchev–Trinajstić information content (AvgIpc) is 3.20. The highest BCUT2D eigenvalue weighted by Gasteiger charge is 2.59. The van der Waals surface area contributed by atoms with Crippen LogP contribution in [0.4, 0.5) is 10.1 Å². The van der Waals surface area contributed by atoms with E-state index in [0.717, 1.165) is 0 Å². The largest absolute Gasteiger partial charge is 0.465 e. The van der Waals surface area contributed by atoms with E-state index in [1.165, 1.54) is 29.2 Å². The first-order valence-electron chi connectivity index (χ1n) is 6.22. The first kappa shape index (κ1) is 13.5. The Morgan fingerprint density at radius 3 is 2.37 bits per heavy atom. The fourth-order valence-electron chi connectivity index (χ4n) is 2.00. The van der Waals surface area contributed by atoms with Gasteiger partial charge in [-0.2, -0.15) is 0 Å². The third-order valence-electron chi connectivity index (χ3n) is 3.34. The Morgan fingerprint density at radius 1 is 1.32 bits per heavy atom. The number of anilines is 1. The summed E-state index contributed by atoms with van der Waals surface area (Å²) in [6, 6.07) is 5.58. The van der Waals surface area contributed by atoms with Crippen molar-refractivity contribution in [1.29, 1.82) is 0 Å². The molecule has 0 saturated heterocycles. The summed E-state index contributed by atoms with van der Waals surface area (Å²) >= 11 is 0. The smallest absolute Gasteiger partial charge is 0.321 e. The number of rotatable bonds is 4. The summed E-state index contributed by atoms with van der Waals surface area (Å²) in [4.78, 5) is 25.6. The Balaban J connectivity index is 2.15. The first-order valence-corrected chi connectivity index (χ1v) is 6.22. The summed E-state index contributed by atoms with van der Waals surface area (Å²) in [5.74, 6) is -1.12. The Bertz CT molecular complexity index is 494. The number of carbonyl (C=O) groups excluding carboxylic acids is 2. The second kappa shape index (κ2) is 4.99. The lowest BCUT2D eigenvalue weighted by Gasteiger charge is -2.22. The highest BCUT2D eigenvalue weighted by molar-refractivity contribution is 6.12. The number of hydrogen-bond donors (Lipinski definition) is 0. The molecule has 102 valence electrons. The predicted octanol–water partition coefficient (Wildman–Crippen LogP) is 2.13. The standard InChI is InChI=1S/C14H16FNO3/c1-3-19-13(18)14(8-9-14)12(17)16(2)11-6-4-10(15)5-7-11/h4-7H,3,8-9H2,1-2H3. The van der Waals surface area contributed by atoms with Crippen LogP contribution < -0.4 is 4.90 Å². The van der Waals surface area contributed by atoms with E-state index in [1.54, 1.807) is 14.0 Å². The van der Waals surface area contributed by atoms with Crippen molar-refractivity contribution in [3.8, 4) is 0 Å². The molecule has 1 fully saturated rings. The molecule has 0 atom stereocenters. The van der Waals surface area contributed by atoms with Crippen molar-refractivity contribution in [2.45, 2.75) is 19.8 Å². The van der Waals surface area contributed by atoms with Crippen molar-refractivity contribution in [3.63, 3.8) is 0 Å². The molecule has 1 aromatic carbocycles. The summed E-state index contributed by atoms with van der Waals surface area (Å²) in [7, 11) is 1.58. The second-order valence-electron chi connectivity index (χ2n) is 4.64. The van der Waals surface area contributed by atoms with Crippen LogP contribution in [0.25, 0.3) is 0 Å². The third-order valence-corrected chi connectivity index (χ3v) is 3.34. The van der Waals surface area contributed by atoms with Crippen LogP contribution in [-0.4, -0.2) is 25.5 Å². The summed E-state index contributed by atoms with van der Waals surface area (Å²) in [5, 5.41) is 0. The molecule has 1 aromatic rings. The zero-order valence-corrected chi connectivity index (χ0v) is 11.0. The van der Waals surface area contributed by atoms with E-state index in [2.05, 4.69) is 0 Å². The molecule has 2 rings (SSSR count). The summed E-state index contributed by atoms with van der Waals surface area (Å²) < 4.78 is 17.8. The maximum absolute atomic E-state index is 12.8. The van der Waals surface area contributed by atoms with Gasteiger partial charge in [0.05, 0.1) is 6.61 Å². The monoisotopic (exact) mass is 265 g/mol. The van der Waals surface area contributed by atoms with E-state index in [9.17, 15) is 14.0 Å². The van der Waals surface area contributed by atoms with E-state index in [4.69, 9.17) is 4.74 Å². The third kappa shape index (κ3) is 2.45. The maximum atomic E-state index is 12.8. The minimum absolute atomic E-state index is 0.258. The quantitative estimate of drug-likeness (QED) is 0.619. The fraction of sp³-hybridized carbons (Fsp3) is 0.429. The summed E-state index contributed by atoms with van der Waals surface area (Å²) in [6.45, 7) is 1.97. The Hall–Kier alpha value is -1.91. The number of hydrogen-bond acceptors (Lipinski definition) is 3. The van der Waals surface area contributed by atoms with Crippen molar-refractivity contribution in [2.24, 2.45) is 5.41 Å². The van der Waals surface area contributed by atoms with Crippen molar-refractivity contribution in [1.82, 2.24) is 0 Å². The molecule has 0 radical (unpaired) electrons. The van der Waals surface area contributed by atoms with Crippen LogP contribution in [0.5, 0.6) is 0 Å². The summed E-state index contributed by atoms with van der Waals surface area (Å²) in [6.07, 6.45) is 1.02. The molecular weight excluding hydrogens is 249 g/mol. The van der Waals surface area contributed by atoms with Crippen molar-refractivity contribution in [2.75, 3.05) is 18.6 Å². The lowest BCUT2D eigenvalue weighted by Crippen LogP contribution is -2.39. The van der Waals surface area contributed by atoms with Crippen LogP contribution >= 0.6 is 0 Å². The number of esters is 1. The normalized spacial score (nSPS) is 15.7. The molecule has 4 nitrogen and oxygen atoms in total. The molecule has 0 N–H and O–H groups in total. The van der Waals surface area contributed by atoms with Gasteiger partial charge in [0.15, 0.2) is 0 Å². The van der Waals surface area contributed by atoms with Gasteiger partial charge in [-0.15, -0.1) is 0 Å². The number of carbonyl (C=O) groups is 2. The van der Waals surface area contributed by atoms with E-state index in [1.807, 2.05) is 0 Å². The molecule has 0 unspecified atom stereocenters. The summed E-state index contributed by atoms with van der Waals surface area (Å²) in [5.41, 5.74) is -0.471. The van der Waals surface area contributed by atoms with E-state index < -0.39 is 11.4 Å². The van der Waals surface area contributed by atoms with Gasteiger partial charge in [-0.1, -0.05) is 0 Å². The first-order chi connectivity index (χ1) is 9.01. The van der Waals surface area contributed by atoms with E-state index in [0.29, 0.717) is 18.5 Å². The molecule has 1 amide bonds. The van der Waals surface area contributed by atoms with Gasteiger partial charge in [0.2, 0.25) is 5.91 Å². The molecule has 19 heavy (non-hydrogen) atoms. The highest BCUT2D eigenvalue weighted by atomic mass is 19.1. The SMILES string of the molecule is CCOC(=O)C1(C(=O)N(C)c2ccc(F)cc2)CC1. The van der Waals surface area contributed by atoms with E-state index in [-0.39, 0.29) is 18.3 Å². The molecule has 0 heterocycles. The number of amides is 1. The van der Waals surface area contributed by atoms with Crippen molar-refractivity contribution >= 4 is 17.6 Å². The number of benzene rings is 1. The van der Waals surface area contributed by atoms with E-state index >= 15 is 0 Å². The Kier molecular flexibility index (Phi) is 3.55. The van der Waals surface area contributed by atoms with Crippen LogP contribution in [-0.2, 0) is 14.3 Å². The molecule has 1 saturated carbocycles. The van der Waals surface area contributed by atoms with Crippen LogP contribution in [0, 0.1) is 11.2 Å². The lowest BCUT2D eigenvalue weighted by molar-refractivity contribution is -0.153. The number of halogens is 1. The lowest BCUT2D eigenvalue weighted by atomic mass is 10.1. The number of ether oxygens (including phenoxy) is 1. The Labute approximate surface area is 111 Å². The number of nitrogens with zero attached hydrogens (tertiary/aromatic N) is 1. The van der Waals surface area contributed by atoms with Gasteiger partial charge < -0.3 is 9.64 Å². The highest BCUT2D eigenvalue weighted by Crippen LogP contribution is 2.48. The second-order valence-corrected chi connectivity index (χ2v) is 4.64. The predicted molar refractivity (Wildman–Crippen MR) is 68.1 cm³/mol. The molecule has 5 heteroatoms. The molecule has 0 spiro atoms. The van der Waals surface area contributed by atoms with Gasteiger partial charge in [0, 0.05) is 12.7 Å². The topological polar surface area (TPSA) is 46.6 Å². The molecule has 0 bridgehead atoms. The van der Waals surface area contributed by atoms with Gasteiger partial charge in [0.25, 0.3) is 0 Å². The van der Waals surface area contributed by atoms with Gasteiger partial charge in [-0.05, 0) is 44.0 Å². The minimum atomic E-state index is -1.03. The Morgan fingerprint density at radius 2 is 1.89 bits per heavy atom. The molecule has 1 aliphatic carbocycles.